The van der Waals surface area contributed by atoms with E-state index in [9.17, 15) is 0 Å². The van der Waals surface area contributed by atoms with Crippen LogP contribution in [0.2, 0.25) is 0 Å². The van der Waals surface area contributed by atoms with Gasteiger partial charge in [-0.15, -0.1) is 0 Å². The molecule has 0 spiro atoms. The van der Waals surface area contributed by atoms with Gasteiger partial charge in [0.05, 0.1) is 11.6 Å². The molecule has 4 heteroatoms. The zero-order chi connectivity index (χ0) is 11.4. The third-order valence-corrected chi connectivity index (χ3v) is 2.62. The van der Waals surface area contributed by atoms with Crippen LogP contribution in [0.4, 0.5) is 0 Å². The summed E-state index contributed by atoms with van der Waals surface area (Å²) in [7, 11) is 1.63. The molecule has 0 saturated carbocycles. The fourth-order valence-electron chi connectivity index (χ4n) is 1.22. The average molecular weight is 280 g/mol. The average Bonchev–Trinajstić information content (AvgIpc) is 2.33. The summed E-state index contributed by atoms with van der Waals surface area (Å²) in [5.74, 6) is 2.30. The molecular formula is C12H10BrNO2. The van der Waals surface area contributed by atoms with E-state index in [2.05, 4.69) is 20.9 Å². The lowest BCUT2D eigenvalue weighted by molar-refractivity contribution is 0.412. The Labute approximate surface area is 102 Å². The lowest BCUT2D eigenvalue weighted by atomic mass is 10.3. The number of methoxy groups -OCH3 is 1. The van der Waals surface area contributed by atoms with Gasteiger partial charge in [-0.05, 0) is 40.2 Å². The largest absolute Gasteiger partial charge is 0.497 e. The molecule has 1 heterocycles. The summed E-state index contributed by atoms with van der Waals surface area (Å²) >= 11 is 3.37. The number of hydrogen-bond acceptors (Lipinski definition) is 3. The molecule has 0 N–H and O–H groups in total. The smallest absolute Gasteiger partial charge is 0.144 e. The molecule has 0 aliphatic rings. The maximum atomic E-state index is 5.67. The summed E-state index contributed by atoms with van der Waals surface area (Å²) in [5, 5.41) is 0. The van der Waals surface area contributed by atoms with E-state index in [-0.39, 0.29) is 0 Å². The molecule has 0 bridgehead atoms. The summed E-state index contributed by atoms with van der Waals surface area (Å²) in [6.45, 7) is 0. The minimum Gasteiger partial charge on any atom is -0.497 e. The molecule has 2 rings (SSSR count). The van der Waals surface area contributed by atoms with Crippen LogP contribution in [0.25, 0.3) is 0 Å². The molecule has 0 atom stereocenters. The van der Waals surface area contributed by atoms with Gasteiger partial charge in [-0.1, -0.05) is 0 Å². The molecule has 1 aromatic carbocycles. The van der Waals surface area contributed by atoms with E-state index in [1.54, 1.807) is 25.6 Å². The van der Waals surface area contributed by atoms with Gasteiger partial charge in [-0.25, -0.2) is 0 Å². The van der Waals surface area contributed by atoms with E-state index in [1.807, 2.05) is 24.3 Å². The molecule has 16 heavy (non-hydrogen) atoms. The first-order valence-corrected chi connectivity index (χ1v) is 5.50. The van der Waals surface area contributed by atoms with Crippen LogP contribution in [0.5, 0.6) is 17.2 Å². The van der Waals surface area contributed by atoms with Crippen LogP contribution in [0.15, 0.2) is 47.2 Å². The van der Waals surface area contributed by atoms with Gasteiger partial charge in [0.1, 0.15) is 17.2 Å². The van der Waals surface area contributed by atoms with Gasteiger partial charge in [0.15, 0.2) is 0 Å². The van der Waals surface area contributed by atoms with E-state index in [4.69, 9.17) is 9.47 Å². The van der Waals surface area contributed by atoms with Crippen LogP contribution in [0.1, 0.15) is 0 Å². The molecule has 3 nitrogen and oxygen atoms in total. The topological polar surface area (TPSA) is 31.4 Å². The van der Waals surface area contributed by atoms with Crippen molar-refractivity contribution in [2.24, 2.45) is 0 Å². The number of rotatable bonds is 3. The van der Waals surface area contributed by atoms with Crippen molar-refractivity contribution >= 4 is 15.9 Å². The molecule has 2 aromatic rings. The Hall–Kier alpha value is -1.55. The highest BCUT2D eigenvalue weighted by atomic mass is 79.9. The Kier molecular flexibility index (Phi) is 3.41. The first-order valence-electron chi connectivity index (χ1n) is 4.71. The molecule has 1 aromatic heterocycles. The highest BCUT2D eigenvalue weighted by Crippen LogP contribution is 2.29. The summed E-state index contributed by atoms with van der Waals surface area (Å²) in [6, 6.07) is 9.21. The van der Waals surface area contributed by atoms with Gasteiger partial charge in [-0.3, -0.25) is 4.98 Å². The Balaban J connectivity index is 2.18. The molecule has 82 valence electrons. The number of benzene rings is 1. The van der Waals surface area contributed by atoms with Gasteiger partial charge in [-0.2, -0.15) is 0 Å². The molecule has 0 fully saturated rings. The molecule has 0 aliphatic carbocycles. The third-order valence-electron chi connectivity index (χ3n) is 2.02. The van der Waals surface area contributed by atoms with Crippen molar-refractivity contribution in [2.45, 2.75) is 0 Å². The molecular weight excluding hydrogens is 270 g/mol. The fourth-order valence-corrected chi connectivity index (χ4v) is 1.55. The molecule has 0 aliphatic heterocycles. The van der Waals surface area contributed by atoms with E-state index in [0.717, 1.165) is 21.7 Å². The second-order valence-corrected chi connectivity index (χ2v) is 3.94. The zero-order valence-corrected chi connectivity index (χ0v) is 10.3. The lowest BCUT2D eigenvalue weighted by Gasteiger charge is -2.07. The Morgan fingerprint density at radius 2 is 1.75 bits per heavy atom. The Morgan fingerprint density at radius 3 is 2.38 bits per heavy atom. The summed E-state index contributed by atoms with van der Waals surface area (Å²) < 4.78 is 11.6. The van der Waals surface area contributed by atoms with Crippen LogP contribution in [-0.4, -0.2) is 12.1 Å². The van der Waals surface area contributed by atoms with Gasteiger partial charge in [0.25, 0.3) is 0 Å². The summed E-state index contributed by atoms with van der Waals surface area (Å²) in [4.78, 5) is 3.97. The molecule has 0 unspecified atom stereocenters. The van der Waals surface area contributed by atoms with Crippen molar-refractivity contribution in [3.63, 3.8) is 0 Å². The van der Waals surface area contributed by atoms with Crippen LogP contribution in [-0.2, 0) is 0 Å². The number of halogens is 1. The second-order valence-electron chi connectivity index (χ2n) is 3.08. The van der Waals surface area contributed by atoms with E-state index >= 15 is 0 Å². The number of hydrogen-bond donors (Lipinski definition) is 0. The number of pyridine rings is 1. The standard InChI is InChI=1S/C12H10BrNO2/c1-15-9-2-4-10(5-3-9)16-12-6-7-14-8-11(12)13/h2-8H,1H3. The quantitative estimate of drug-likeness (QED) is 0.860. The van der Waals surface area contributed by atoms with Gasteiger partial charge in [0, 0.05) is 18.5 Å². The minimum absolute atomic E-state index is 0.736. The molecule has 0 amide bonds. The Bertz CT molecular complexity index is 471. The van der Waals surface area contributed by atoms with Crippen LogP contribution in [0, 0.1) is 0 Å². The summed E-state index contributed by atoms with van der Waals surface area (Å²) in [5.41, 5.74) is 0. The van der Waals surface area contributed by atoms with E-state index in [1.165, 1.54) is 0 Å². The van der Waals surface area contributed by atoms with Crippen molar-refractivity contribution in [3.8, 4) is 17.2 Å². The SMILES string of the molecule is COc1ccc(Oc2ccncc2Br)cc1. The van der Waals surface area contributed by atoms with Crippen molar-refractivity contribution in [3.05, 3.63) is 47.2 Å². The van der Waals surface area contributed by atoms with Crippen molar-refractivity contribution in [1.82, 2.24) is 4.98 Å². The predicted molar refractivity (Wildman–Crippen MR) is 65.0 cm³/mol. The van der Waals surface area contributed by atoms with Crippen molar-refractivity contribution < 1.29 is 9.47 Å². The highest BCUT2D eigenvalue weighted by Gasteiger charge is 2.01. The van der Waals surface area contributed by atoms with E-state index in [0.29, 0.717) is 0 Å². The lowest BCUT2D eigenvalue weighted by Crippen LogP contribution is -1.87. The van der Waals surface area contributed by atoms with Crippen LogP contribution >= 0.6 is 15.9 Å². The normalized spacial score (nSPS) is 9.88. The van der Waals surface area contributed by atoms with Gasteiger partial charge >= 0.3 is 0 Å². The summed E-state index contributed by atoms with van der Waals surface area (Å²) in [6.07, 6.45) is 3.38. The van der Waals surface area contributed by atoms with Crippen LogP contribution < -0.4 is 9.47 Å². The van der Waals surface area contributed by atoms with Gasteiger partial charge < -0.3 is 9.47 Å². The third kappa shape index (κ3) is 2.52. The maximum absolute atomic E-state index is 5.67. The Morgan fingerprint density at radius 1 is 1.06 bits per heavy atom. The predicted octanol–water partition coefficient (Wildman–Crippen LogP) is 3.65. The molecule has 0 saturated heterocycles. The monoisotopic (exact) mass is 279 g/mol. The number of ether oxygens (including phenoxy) is 2. The number of nitrogens with zero attached hydrogens (tertiary/aromatic N) is 1. The van der Waals surface area contributed by atoms with E-state index < -0.39 is 0 Å². The van der Waals surface area contributed by atoms with Gasteiger partial charge in [0.2, 0.25) is 0 Å². The van der Waals surface area contributed by atoms with Crippen LogP contribution in [0.3, 0.4) is 0 Å². The number of aromatic nitrogens is 1. The molecule has 0 radical (unpaired) electrons. The maximum Gasteiger partial charge on any atom is 0.144 e. The second kappa shape index (κ2) is 4.99. The first kappa shape index (κ1) is 11.0. The zero-order valence-electron chi connectivity index (χ0n) is 8.68. The van der Waals surface area contributed by atoms with Crippen molar-refractivity contribution in [2.75, 3.05) is 7.11 Å². The fraction of sp³-hybridized carbons (Fsp3) is 0.0833. The minimum atomic E-state index is 0.736. The van der Waals surface area contributed by atoms with Crippen molar-refractivity contribution in [1.29, 1.82) is 0 Å². The first-order chi connectivity index (χ1) is 7.79. The highest BCUT2D eigenvalue weighted by molar-refractivity contribution is 9.10.